The second-order valence-corrected chi connectivity index (χ2v) is 8.23. The lowest BCUT2D eigenvalue weighted by molar-refractivity contribution is -0.155. The van der Waals surface area contributed by atoms with Crippen LogP contribution < -0.4 is 4.74 Å². The summed E-state index contributed by atoms with van der Waals surface area (Å²) < 4.78 is 5.92. The number of rotatable bonds is 8. The third-order valence-electron chi connectivity index (χ3n) is 5.27. The molecule has 0 saturated heterocycles. The van der Waals surface area contributed by atoms with Crippen LogP contribution in [0.25, 0.3) is 0 Å². The van der Waals surface area contributed by atoms with E-state index in [2.05, 4.69) is 5.92 Å². The molecular weight excluding hydrogens is 407 g/mol. The Kier molecular flexibility index (Phi) is 7.79. The van der Waals surface area contributed by atoms with E-state index in [-0.39, 0.29) is 10.4 Å². The van der Waals surface area contributed by atoms with Crippen LogP contribution in [0, 0.1) is 29.6 Å². The number of hydrogen-bond acceptors (Lipinski definition) is 2. The lowest BCUT2D eigenvalue weighted by atomic mass is 9.59. The quantitative estimate of drug-likeness (QED) is 0.464. The highest BCUT2D eigenvalue weighted by molar-refractivity contribution is 6.55. The van der Waals surface area contributed by atoms with Gasteiger partial charge in [0, 0.05) is 0 Å². The van der Waals surface area contributed by atoms with Crippen LogP contribution in [0.3, 0.4) is 0 Å². The van der Waals surface area contributed by atoms with E-state index in [0.717, 1.165) is 0 Å². The molecule has 0 heterocycles. The van der Waals surface area contributed by atoms with E-state index in [1.165, 1.54) is 6.08 Å². The second-order valence-electron chi connectivity index (χ2n) is 7.23. The molecule has 0 radical (unpaired) electrons. The molecule has 1 N–H and O–H groups in total. The Morgan fingerprint density at radius 2 is 1.72 bits per heavy atom. The van der Waals surface area contributed by atoms with E-state index in [1.54, 1.807) is 25.1 Å². The molecule has 0 amide bonds. The Hall–Kier alpha value is -2.41. The summed E-state index contributed by atoms with van der Waals surface area (Å²) in [5, 5.41) is 10.3. The minimum Gasteiger partial charge on any atom is -0.481 e. The van der Waals surface area contributed by atoms with Gasteiger partial charge in [0.05, 0.1) is 11.3 Å². The minimum atomic E-state index is -1.31. The topological polar surface area (TPSA) is 46.5 Å². The third kappa shape index (κ3) is 4.96. The first-order valence-electron chi connectivity index (χ1n) is 9.28. The number of para-hydroxylation sites is 1. The normalized spacial score (nSPS) is 14.9. The number of aliphatic carboxylic acids is 1. The Morgan fingerprint density at radius 3 is 2.24 bits per heavy atom. The zero-order valence-electron chi connectivity index (χ0n) is 16.6. The van der Waals surface area contributed by atoms with E-state index in [1.807, 2.05) is 50.2 Å². The van der Waals surface area contributed by atoms with Crippen LogP contribution in [-0.2, 0) is 4.79 Å². The fourth-order valence-electron chi connectivity index (χ4n) is 3.91. The van der Waals surface area contributed by atoms with Gasteiger partial charge in [-0.15, -0.1) is 6.42 Å². The van der Waals surface area contributed by atoms with Crippen molar-refractivity contribution < 1.29 is 14.6 Å². The molecule has 0 aliphatic rings. The number of ether oxygens (including phenoxy) is 1. The van der Waals surface area contributed by atoms with Crippen molar-refractivity contribution in [2.75, 3.05) is 0 Å². The molecule has 29 heavy (non-hydrogen) atoms. The number of allylic oxidation sites excluding steroid dienone is 1. The standard InChI is InChI=1S/C24H24Cl2O3/c1-5-21(24(16(2)3,23(27)28)17(4)14-22(25)26)18-10-9-13-20(15-18)29-19-11-7-6-8-12-19/h1,6-17,21H,2-4H3,(H,27,28). The molecule has 2 rings (SSSR count). The van der Waals surface area contributed by atoms with E-state index in [0.29, 0.717) is 17.1 Å². The Labute approximate surface area is 182 Å². The second kappa shape index (κ2) is 9.87. The SMILES string of the molecule is C#CC(c1cccc(Oc2ccccc2)c1)C(C(=O)O)(C(C)C)C(C)C=C(Cl)Cl. The molecule has 3 atom stereocenters. The summed E-state index contributed by atoms with van der Waals surface area (Å²) in [4.78, 5) is 12.6. The number of carboxylic acids is 1. The van der Waals surface area contributed by atoms with Crippen molar-refractivity contribution in [3.8, 4) is 23.8 Å². The zero-order valence-corrected chi connectivity index (χ0v) is 18.1. The monoisotopic (exact) mass is 430 g/mol. The highest BCUT2D eigenvalue weighted by atomic mass is 35.5. The molecule has 0 saturated carbocycles. The summed E-state index contributed by atoms with van der Waals surface area (Å²) in [6.07, 6.45) is 7.43. The average Bonchev–Trinajstić information content (AvgIpc) is 2.65. The van der Waals surface area contributed by atoms with Crippen LogP contribution >= 0.6 is 23.2 Å². The van der Waals surface area contributed by atoms with Crippen molar-refractivity contribution >= 4 is 29.2 Å². The Morgan fingerprint density at radius 1 is 1.10 bits per heavy atom. The molecule has 0 aliphatic carbocycles. The largest absolute Gasteiger partial charge is 0.481 e. The van der Waals surface area contributed by atoms with Crippen LogP contribution in [0.15, 0.2) is 65.2 Å². The van der Waals surface area contributed by atoms with Gasteiger partial charge in [0.2, 0.25) is 0 Å². The zero-order chi connectivity index (χ0) is 21.6. The van der Waals surface area contributed by atoms with Crippen molar-refractivity contribution in [1.82, 2.24) is 0 Å². The fraction of sp³-hybridized carbons (Fsp3) is 0.292. The minimum absolute atomic E-state index is 0.0145. The van der Waals surface area contributed by atoms with Crippen LogP contribution in [0.4, 0.5) is 0 Å². The maximum absolute atomic E-state index is 12.6. The van der Waals surface area contributed by atoms with Crippen LogP contribution in [0.1, 0.15) is 32.3 Å². The molecule has 3 unspecified atom stereocenters. The van der Waals surface area contributed by atoms with E-state index < -0.39 is 23.2 Å². The van der Waals surface area contributed by atoms with Gasteiger partial charge in [-0.1, -0.05) is 86.3 Å². The number of benzene rings is 2. The molecule has 0 fully saturated rings. The van der Waals surface area contributed by atoms with Gasteiger partial charge in [-0.2, -0.15) is 0 Å². The first-order chi connectivity index (χ1) is 13.7. The van der Waals surface area contributed by atoms with Gasteiger partial charge in [-0.25, -0.2) is 0 Å². The first kappa shape index (κ1) is 22.9. The number of carbonyl (C=O) groups is 1. The molecule has 0 aliphatic heterocycles. The van der Waals surface area contributed by atoms with Crippen LogP contribution in [-0.4, -0.2) is 11.1 Å². The van der Waals surface area contributed by atoms with E-state index in [4.69, 9.17) is 34.4 Å². The molecule has 3 nitrogen and oxygen atoms in total. The third-order valence-corrected chi connectivity index (χ3v) is 5.52. The number of halogens is 2. The maximum atomic E-state index is 12.6. The average molecular weight is 431 g/mol. The molecule has 5 heteroatoms. The highest BCUT2D eigenvalue weighted by Gasteiger charge is 2.52. The Balaban J connectivity index is 2.56. The van der Waals surface area contributed by atoms with Crippen molar-refractivity contribution in [2.45, 2.75) is 26.7 Å². The van der Waals surface area contributed by atoms with Crippen molar-refractivity contribution in [1.29, 1.82) is 0 Å². The molecule has 2 aromatic rings. The molecule has 0 spiro atoms. The predicted molar refractivity (Wildman–Crippen MR) is 118 cm³/mol. The summed E-state index contributed by atoms with van der Waals surface area (Å²) in [7, 11) is 0. The lowest BCUT2D eigenvalue weighted by Crippen LogP contribution is -2.46. The molecular formula is C24H24Cl2O3. The fourth-order valence-corrected chi connectivity index (χ4v) is 4.28. The number of terminal acetylenes is 1. The molecule has 152 valence electrons. The van der Waals surface area contributed by atoms with E-state index in [9.17, 15) is 9.90 Å². The Bertz CT molecular complexity index is 911. The summed E-state index contributed by atoms with van der Waals surface area (Å²) in [6.45, 7) is 5.46. The van der Waals surface area contributed by atoms with Gasteiger partial charge in [0.25, 0.3) is 0 Å². The van der Waals surface area contributed by atoms with Crippen LogP contribution in [0.2, 0.25) is 0 Å². The maximum Gasteiger partial charge on any atom is 0.312 e. The van der Waals surface area contributed by atoms with Gasteiger partial charge in [-0.3, -0.25) is 4.79 Å². The van der Waals surface area contributed by atoms with Crippen molar-refractivity contribution in [3.05, 3.63) is 70.7 Å². The highest BCUT2D eigenvalue weighted by Crippen LogP contribution is 2.49. The van der Waals surface area contributed by atoms with Gasteiger partial charge in [0.1, 0.15) is 16.0 Å². The molecule has 0 bridgehead atoms. The smallest absolute Gasteiger partial charge is 0.312 e. The van der Waals surface area contributed by atoms with Gasteiger partial charge >= 0.3 is 5.97 Å². The summed E-state index contributed by atoms with van der Waals surface area (Å²) >= 11 is 11.7. The predicted octanol–water partition coefficient (Wildman–Crippen LogP) is 6.88. The van der Waals surface area contributed by atoms with Gasteiger partial charge in [0.15, 0.2) is 0 Å². The number of carboxylic acid groups (broad SMARTS) is 1. The summed E-state index contributed by atoms with van der Waals surface area (Å²) in [6, 6.07) is 16.6. The van der Waals surface area contributed by atoms with Crippen LogP contribution in [0.5, 0.6) is 11.5 Å². The molecule has 2 aromatic carbocycles. The van der Waals surface area contributed by atoms with E-state index >= 15 is 0 Å². The lowest BCUT2D eigenvalue weighted by Gasteiger charge is -2.42. The molecule has 0 aromatic heterocycles. The van der Waals surface area contributed by atoms with Crippen molar-refractivity contribution in [3.63, 3.8) is 0 Å². The first-order valence-corrected chi connectivity index (χ1v) is 10.0. The van der Waals surface area contributed by atoms with Gasteiger partial charge in [-0.05, 0) is 41.7 Å². The summed E-state index contributed by atoms with van der Waals surface area (Å²) in [5.74, 6) is 1.45. The number of hydrogen-bond donors (Lipinski definition) is 1. The summed E-state index contributed by atoms with van der Waals surface area (Å²) in [5.41, 5.74) is -0.627. The van der Waals surface area contributed by atoms with Gasteiger partial charge < -0.3 is 9.84 Å². The van der Waals surface area contributed by atoms with Crippen molar-refractivity contribution in [2.24, 2.45) is 17.3 Å².